The normalized spacial score (nSPS) is 19.8. The van der Waals surface area contributed by atoms with Crippen molar-refractivity contribution < 1.29 is 37.1 Å². The van der Waals surface area contributed by atoms with Gasteiger partial charge in [0.1, 0.15) is 24.0 Å². The molecule has 0 spiro atoms. The van der Waals surface area contributed by atoms with E-state index in [1.807, 2.05) is 17.0 Å². The van der Waals surface area contributed by atoms with Crippen LogP contribution < -0.4 is 30.3 Å². The number of carbonyl (C=O) groups is 4. The number of nitrogens with one attached hydrogen (secondary N) is 3. The molecule has 3 fully saturated rings. The molecule has 256 valence electrons. The Kier molecular flexibility index (Phi) is 7.78. The first kappa shape index (κ1) is 32.1. The third kappa shape index (κ3) is 5.71. The first-order chi connectivity index (χ1) is 23.3. The monoisotopic (exact) mass is 694 g/mol. The van der Waals surface area contributed by atoms with Gasteiger partial charge < -0.3 is 15.3 Å². The Bertz CT molecular complexity index is 2260. The summed E-state index contributed by atoms with van der Waals surface area (Å²) in [5, 5.41) is 15.8. The SMILES string of the molecule is Cn1c(=O)n(C2CCC(=O)NC2=O)c2ccc(N3CCN(CC(=O)Nc4ccc5c(F)c(N6CC(=O)NS6(=O)=O)c(O)cc5c4)CC3)cc21. The molecule has 49 heavy (non-hydrogen) atoms. The number of anilines is 3. The van der Waals surface area contributed by atoms with Crippen LogP contribution in [-0.2, 0) is 36.4 Å². The minimum Gasteiger partial charge on any atom is -0.506 e. The predicted octanol–water partition coefficient (Wildman–Crippen LogP) is 0.257. The average Bonchev–Trinajstić information content (AvgIpc) is 3.46. The fourth-order valence-electron chi connectivity index (χ4n) is 6.64. The Labute approximate surface area is 277 Å². The topological polar surface area (TPSA) is 195 Å². The number of aryl methyl sites for hydroxylation is 1. The number of hydrogen-bond donors (Lipinski definition) is 4. The number of piperazine rings is 1. The molecule has 0 radical (unpaired) electrons. The number of rotatable bonds is 6. The van der Waals surface area contributed by atoms with Gasteiger partial charge >= 0.3 is 15.9 Å². The van der Waals surface area contributed by atoms with Crippen molar-refractivity contribution >= 4 is 72.7 Å². The molecule has 0 saturated carbocycles. The van der Waals surface area contributed by atoms with Gasteiger partial charge in [-0.2, -0.15) is 8.42 Å². The molecule has 4 heterocycles. The lowest BCUT2D eigenvalue weighted by Gasteiger charge is -2.35. The lowest BCUT2D eigenvalue weighted by molar-refractivity contribution is -0.135. The number of aromatic nitrogens is 2. The number of imide groups is 1. The summed E-state index contributed by atoms with van der Waals surface area (Å²) in [5.74, 6) is -3.72. The summed E-state index contributed by atoms with van der Waals surface area (Å²) in [5.41, 5.74) is 1.49. The number of phenolic OH excluding ortho intramolecular Hbond substituents is 1. The fourth-order valence-corrected chi connectivity index (χ4v) is 7.81. The number of piperidine rings is 1. The van der Waals surface area contributed by atoms with Gasteiger partial charge in [-0.3, -0.25) is 38.5 Å². The third-order valence-corrected chi connectivity index (χ3v) is 10.5. The molecular weight excluding hydrogens is 663 g/mol. The van der Waals surface area contributed by atoms with Crippen molar-refractivity contribution in [2.75, 3.05) is 53.8 Å². The first-order valence-corrected chi connectivity index (χ1v) is 16.8. The second-order valence-electron chi connectivity index (χ2n) is 12.2. The third-order valence-electron chi connectivity index (χ3n) is 9.08. The molecule has 3 saturated heterocycles. The standard InChI is InChI=1S/C31H31FN8O8S/c1-36-23-14-19(3-5-21(23)40(31(36)46)22-6-7-25(42)34-30(22)45)38-10-8-37(9-11-38)15-26(43)33-18-2-4-20-17(12-18)13-24(41)29(28(20)32)39-16-27(44)35-49(39,47)48/h2-5,12-14,22,41H,6-11,15-16H2,1H3,(H,33,43)(H,35,44)(H,34,42,45). The van der Waals surface area contributed by atoms with Crippen LogP contribution in [0.5, 0.6) is 5.75 Å². The Balaban J connectivity index is 0.995. The number of nitrogens with zero attached hydrogens (tertiary/aromatic N) is 5. The van der Waals surface area contributed by atoms with Crippen LogP contribution in [0.2, 0.25) is 0 Å². The second-order valence-corrected chi connectivity index (χ2v) is 13.8. The number of hydrogen-bond acceptors (Lipinski definition) is 10. The molecule has 1 unspecified atom stereocenters. The van der Waals surface area contributed by atoms with Crippen molar-refractivity contribution in [3.8, 4) is 5.75 Å². The highest BCUT2D eigenvalue weighted by Crippen LogP contribution is 2.39. The van der Waals surface area contributed by atoms with E-state index in [0.717, 1.165) is 5.69 Å². The van der Waals surface area contributed by atoms with Gasteiger partial charge in [0.2, 0.25) is 17.7 Å². The highest BCUT2D eigenvalue weighted by atomic mass is 32.2. The summed E-state index contributed by atoms with van der Waals surface area (Å²) in [7, 11) is -2.70. The largest absolute Gasteiger partial charge is 0.506 e. The molecule has 3 aliphatic rings. The molecule has 4 N–H and O–H groups in total. The number of carbonyl (C=O) groups excluding carboxylic acids is 4. The Hall–Kier alpha value is -5.49. The van der Waals surface area contributed by atoms with Crippen LogP contribution in [0, 0.1) is 5.82 Å². The zero-order valence-electron chi connectivity index (χ0n) is 26.1. The number of aromatic hydroxyl groups is 1. The van der Waals surface area contributed by atoms with Crippen molar-refractivity contribution in [2.45, 2.75) is 18.9 Å². The van der Waals surface area contributed by atoms with Crippen LogP contribution in [0.15, 0.2) is 47.3 Å². The lowest BCUT2D eigenvalue weighted by Crippen LogP contribution is -2.48. The quantitative estimate of drug-likeness (QED) is 0.203. The molecule has 7 rings (SSSR count). The van der Waals surface area contributed by atoms with E-state index in [4.69, 9.17) is 0 Å². The second kappa shape index (κ2) is 11.9. The molecule has 16 nitrogen and oxygen atoms in total. The summed E-state index contributed by atoms with van der Waals surface area (Å²) in [6, 6.07) is 10.2. The van der Waals surface area contributed by atoms with Crippen molar-refractivity contribution in [1.29, 1.82) is 0 Å². The zero-order valence-corrected chi connectivity index (χ0v) is 26.9. The van der Waals surface area contributed by atoms with E-state index in [1.54, 1.807) is 17.8 Å². The number of halogens is 1. The number of fused-ring (bicyclic) bond motifs is 2. The highest BCUT2D eigenvalue weighted by molar-refractivity contribution is 7.92. The van der Waals surface area contributed by atoms with Gasteiger partial charge in [0, 0.05) is 56.4 Å². The van der Waals surface area contributed by atoms with Gasteiger partial charge in [0.05, 0.1) is 17.6 Å². The van der Waals surface area contributed by atoms with Gasteiger partial charge in [-0.1, -0.05) is 0 Å². The molecule has 0 bridgehead atoms. The van der Waals surface area contributed by atoms with Gasteiger partial charge in [-0.05, 0) is 54.3 Å². The maximum atomic E-state index is 15.4. The van der Waals surface area contributed by atoms with E-state index in [9.17, 15) is 37.5 Å². The number of phenols is 1. The van der Waals surface area contributed by atoms with Crippen molar-refractivity contribution in [2.24, 2.45) is 7.05 Å². The van der Waals surface area contributed by atoms with Crippen LogP contribution in [0.1, 0.15) is 18.9 Å². The molecule has 1 aromatic heterocycles. The molecule has 4 amide bonds. The first-order valence-electron chi connectivity index (χ1n) is 15.4. The number of benzene rings is 3. The van der Waals surface area contributed by atoms with E-state index in [2.05, 4.69) is 15.5 Å². The van der Waals surface area contributed by atoms with E-state index in [1.165, 1.54) is 33.4 Å². The average molecular weight is 695 g/mol. The van der Waals surface area contributed by atoms with Crippen LogP contribution in [-0.4, -0.2) is 90.5 Å². The van der Waals surface area contributed by atoms with Crippen LogP contribution in [0.4, 0.5) is 21.5 Å². The minimum atomic E-state index is -4.34. The number of imidazole rings is 1. The predicted molar refractivity (Wildman–Crippen MR) is 176 cm³/mol. The smallest absolute Gasteiger partial charge is 0.329 e. The van der Waals surface area contributed by atoms with E-state index in [-0.39, 0.29) is 47.7 Å². The van der Waals surface area contributed by atoms with Gasteiger partial charge in [0.15, 0.2) is 5.82 Å². The van der Waals surface area contributed by atoms with Gasteiger partial charge in [0.25, 0.3) is 5.91 Å². The maximum Gasteiger partial charge on any atom is 0.329 e. The summed E-state index contributed by atoms with van der Waals surface area (Å²) < 4.78 is 44.9. The Morgan fingerprint density at radius 2 is 1.76 bits per heavy atom. The van der Waals surface area contributed by atoms with Crippen molar-refractivity contribution in [1.82, 2.24) is 24.1 Å². The van der Waals surface area contributed by atoms with Crippen LogP contribution in [0.25, 0.3) is 21.8 Å². The molecule has 1 atom stereocenters. The Morgan fingerprint density at radius 3 is 2.45 bits per heavy atom. The van der Waals surface area contributed by atoms with E-state index < -0.39 is 51.9 Å². The highest BCUT2D eigenvalue weighted by Gasteiger charge is 2.38. The van der Waals surface area contributed by atoms with Gasteiger partial charge in [-0.25, -0.2) is 18.2 Å². The number of amides is 4. The Morgan fingerprint density at radius 1 is 1.00 bits per heavy atom. The molecule has 3 aliphatic heterocycles. The fraction of sp³-hybridized carbons (Fsp3) is 0.323. The maximum absolute atomic E-state index is 15.4. The van der Waals surface area contributed by atoms with Crippen LogP contribution in [0.3, 0.4) is 0 Å². The summed E-state index contributed by atoms with van der Waals surface area (Å²) >= 11 is 0. The molecule has 4 aromatic rings. The lowest BCUT2D eigenvalue weighted by atomic mass is 10.1. The summed E-state index contributed by atoms with van der Waals surface area (Å²) in [6.07, 6.45) is 0.408. The van der Waals surface area contributed by atoms with Crippen molar-refractivity contribution in [3.63, 3.8) is 0 Å². The minimum absolute atomic E-state index is 0.0118. The summed E-state index contributed by atoms with van der Waals surface area (Å²) in [4.78, 5) is 65.9. The van der Waals surface area contributed by atoms with E-state index >= 15 is 4.39 Å². The molecule has 0 aliphatic carbocycles. The molecule has 3 aromatic carbocycles. The van der Waals surface area contributed by atoms with E-state index in [0.29, 0.717) is 47.2 Å². The zero-order chi connectivity index (χ0) is 34.8. The van der Waals surface area contributed by atoms with Crippen LogP contribution >= 0.6 is 0 Å². The van der Waals surface area contributed by atoms with Crippen molar-refractivity contribution in [3.05, 3.63) is 58.8 Å². The molecule has 18 heteroatoms. The molecular formula is C31H31FN8O8S. The van der Waals surface area contributed by atoms with Gasteiger partial charge in [-0.15, -0.1) is 0 Å². The summed E-state index contributed by atoms with van der Waals surface area (Å²) in [6.45, 7) is 1.75.